The monoisotopic (exact) mass is 371 g/mol. The molecule has 2 aliphatic rings. The zero-order valence-corrected chi connectivity index (χ0v) is 15.7. The molecule has 1 saturated carbocycles. The van der Waals surface area contributed by atoms with Crippen molar-refractivity contribution in [3.05, 3.63) is 33.3 Å². The van der Waals surface area contributed by atoms with Gasteiger partial charge in [0.25, 0.3) is 0 Å². The van der Waals surface area contributed by atoms with Crippen molar-refractivity contribution in [2.24, 2.45) is 0 Å². The van der Waals surface area contributed by atoms with Gasteiger partial charge in [-0.25, -0.2) is 0 Å². The minimum Gasteiger partial charge on any atom is -0.389 e. The summed E-state index contributed by atoms with van der Waals surface area (Å²) in [6, 6.07) is 3.40. The van der Waals surface area contributed by atoms with Crippen LogP contribution in [0.3, 0.4) is 0 Å². The number of aryl methyl sites for hydroxylation is 1. The Hall–Kier alpha value is -0.810. The average molecular weight is 372 g/mol. The number of benzene rings is 1. The molecule has 1 amide bonds. The molecule has 132 valence electrons. The maximum absolute atomic E-state index is 12.7. The van der Waals surface area contributed by atoms with Gasteiger partial charge < -0.3 is 15.2 Å². The highest BCUT2D eigenvalue weighted by atomic mass is 35.5. The summed E-state index contributed by atoms with van der Waals surface area (Å²) in [5.41, 5.74) is 0.695. The number of hydrogen-bond donors (Lipinski definition) is 2. The van der Waals surface area contributed by atoms with E-state index in [1.54, 1.807) is 19.2 Å². The maximum atomic E-state index is 12.7. The summed E-state index contributed by atoms with van der Waals surface area (Å²) in [5, 5.41) is 15.0. The molecule has 2 N–H and O–H groups in total. The van der Waals surface area contributed by atoms with Crippen LogP contribution in [0.1, 0.15) is 49.7 Å². The average Bonchev–Trinajstić information content (AvgIpc) is 2.75. The number of nitrogens with one attached hydrogen (secondary N) is 1. The molecule has 1 spiro atoms. The molecule has 0 bridgehead atoms. The van der Waals surface area contributed by atoms with Crippen LogP contribution < -0.4 is 5.32 Å². The van der Waals surface area contributed by atoms with Crippen molar-refractivity contribution in [2.45, 2.75) is 62.7 Å². The van der Waals surface area contributed by atoms with E-state index in [1.165, 1.54) is 0 Å². The number of aliphatic hydroxyl groups is 1. The Morgan fingerprint density at radius 3 is 2.42 bits per heavy atom. The number of rotatable bonds is 2. The Bertz CT molecular complexity index is 645. The number of amides is 1. The zero-order chi connectivity index (χ0) is 17.7. The smallest absolute Gasteiger partial charge is 0.230 e. The second-order valence-corrected chi connectivity index (χ2v) is 8.18. The first kappa shape index (κ1) is 18.0. The van der Waals surface area contributed by atoms with Gasteiger partial charge >= 0.3 is 0 Å². The molecule has 1 aromatic carbocycles. The van der Waals surface area contributed by atoms with Crippen LogP contribution >= 0.6 is 23.2 Å². The van der Waals surface area contributed by atoms with Crippen LogP contribution in [0.5, 0.6) is 0 Å². The van der Waals surface area contributed by atoms with Crippen LogP contribution in [0, 0.1) is 6.92 Å². The second-order valence-electron chi connectivity index (χ2n) is 7.34. The maximum Gasteiger partial charge on any atom is 0.230 e. The van der Waals surface area contributed by atoms with E-state index in [4.69, 9.17) is 27.9 Å². The van der Waals surface area contributed by atoms with E-state index in [0.29, 0.717) is 28.5 Å². The molecule has 6 heteroatoms. The summed E-state index contributed by atoms with van der Waals surface area (Å²) in [5.74, 6) is -0.836. The number of aliphatic hydroxyl groups excluding tert-OH is 1. The molecule has 4 nitrogen and oxygen atoms in total. The van der Waals surface area contributed by atoms with Gasteiger partial charge in [0.05, 0.1) is 23.2 Å². The third-order valence-corrected chi connectivity index (χ3v) is 6.37. The Morgan fingerprint density at radius 2 is 1.88 bits per heavy atom. The number of carbonyl (C=O) groups excluding carboxylic acids is 1. The van der Waals surface area contributed by atoms with Crippen molar-refractivity contribution in [2.75, 3.05) is 7.11 Å². The predicted molar refractivity (Wildman–Crippen MR) is 94.7 cm³/mol. The lowest BCUT2D eigenvalue weighted by Gasteiger charge is -2.44. The minimum atomic E-state index is -0.816. The molecular weight excluding hydrogens is 349 g/mol. The second kappa shape index (κ2) is 6.17. The molecule has 0 aromatic heterocycles. The van der Waals surface area contributed by atoms with Crippen molar-refractivity contribution in [3.63, 3.8) is 0 Å². The first-order valence-electron chi connectivity index (χ1n) is 8.22. The van der Waals surface area contributed by atoms with Crippen molar-refractivity contribution < 1.29 is 14.6 Å². The number of methoxy groups -OCH3 is 1. The molecule has 2 atom stereocenters. The van der Waals surface area contributed by atoms with E-state index in [-0.39, 0.29) is 11.5 Å². The van der Waals surface area contributed by atoms with Gasteiger partial charge in [-0.3, -0.25) is 4.79 Å². The van der Waals surface area contributed by atoms with Gasteiger partial charge in [0.1, 0.15) is 0 Å². The predicted octanol–water partition coefficient (Wildman–Crippen LogP) is 3.59. The van der Waals surface area contributed by atoms with E-state index in [0.717, 1.165) is 18.4 Å². The minimum absolute atomic E-state index is 0.171. The summed E-state index contributed by atoms with van der Waals surface area (Å²) < 4.78 is 5.58. The lowest BCUT2D eigenvalue weighted by Crippen LogP contribution is -2.54. The summed E-state index contributed by atoms with van der Waals surface area (Å²) in [6.07, 6.45) is 2.14. The number of carbonyl (C=O) groups is 1. The van der Waals surface area contributed by atoms with Crippen LogP contribution in [-0.4, -0.2) is 35.4 Å². The van der Waals surface area contributed by atoms with Gasteiger partial charge in [0, 0.05) is 17.2 Å². The molecule has 2 unspecified atom stereocenters. The van der Waals surface area contributed by atoms with Gasteiger partial charge in [0.2, 0.25) is 5.91 Å². The van der Waals surface area contributed by atoms with Gasteiger partial charge in [-0.1, -0.05) is 23.2 Å². The SMILES string of the molecule is COC1(C)CCC2(CC1)NC(=O)C(c1c(C)cc(Cl)cc1Cl)C2O. The van der Waals surface area contributed by atoms with E-state index in [2.05, 4.69) is 12.2 Å². The number of ether oxygens (including phenoxy) is 1. The fourth-order valence-electron chi connectivity index (χ4n) is 4.11. The van der Waals surface area contributed by atoms with Crippen molar-refractivity contribution in [1.82, 2.24) is 5.32 Å². The highest BCUT2D eigenvalue weighted by Gasteiger charge is 2.56. The van der Waals surface area contributed by atoms with Crippen molar-refractivity contribution in [1.29, 1.82) is 0 Å². The molecular formula is C18H23Cl2NO3. The number of halogens is 2. The third kappa shape index (κ3) is 2.84. The van der Waals surface area contributed by atoms with Gasteiger partial charge in [-0.2, -0.15) is 0 Å². The lowest BCUT2D eigenvalue weighted by atomic mass is 9.70. The van der Waals surface area contributed by atoms with E-state index >= 15 is 0 Å². The van der Waals surface area contributed by atoms with Gasteiger partial charge in [0.15, 0.2) is 0 Å². The molecule has 1 aliphatic carbocycles. The lowest BCUT2D eigenvalue weighted by molar-refractivity contribution is -0.121. The largest absolute Gasteiger partial charge is 0.389 e. The summed E-state index contributed by atoms with van der Waals surface area (Å²) >= 11 is 12.4. The molecule has 24 heavy (non-hydrogen) atoms. The van der Waals surface area contributed by atoms with Gasteiger partial charge in [-0.15, -0.1) is 0 Å². The van der Waals surface area contributed by atoms with E-state index in [9.17, 15) is 9.90 Å². The molecule has 1 aliphatic heterocycles. The van der Waals surface area contributed by atoms with Crippen molar-refractivity contribution >= 4 is 29.1 Å². The molecule has 2 fully saturated rings. The zero-order valence-electron chi connectivity index (χ0n) is 14.2. The fraction of sp³-hybridized carbons (Fsp3) is 0.611. The van der Waals surface area contributed by atoms with Crippen LogP contribution in [0.25, 0.3) is 0 Å². The first-order chi connectivity index (χ1) is 11.2. The normalized spacial score (nSPS) is 36.2. The van der Waals surface area contributed by atoms with Crippen LogP contribution in [0.2, 0.25) is 10.0 Å². The van der Waals surface area contributed by atoms with Crippen molar-refractivity contribution in [3.8, 4) is 0 Å². The first-order valence-corrected chi connectivity index (χ1v) is 8.98. The van der Waals surface area contributed by atoms with E-state index in [1.807, 2.05) is 6.92 Å². The van der Waals surface area contributed by atoms with Crippen LogP contribution in [-0.2, 0) is 9.53 Å². The standard InChI is InChI=1S/C18H23Cl2NO3/c1-10-8-11(19)9-12(20)13(10)14-15(22)18(21-16(14)23)6-4-17(2,24-3)5-7-18/h8-9,14-15,22H,4-7H2,1-3H3,(H,21,23). The third-order valence-electron chi connectivity index (χ3n) is 5.84. The summed E-state index contributed by atoms with van der Waals surface area (Å²) in [6.45, 7) is 3.93. The highest BCUT2D eigenvalue weighted by Crippen LogP contribution is 2.47. The molecule has 1 saturated heterocycles. The Morgan fingerprint density at radius 1 is 1.25 bits per heavy atom. The molecule has 1 aromatic rings. The topological polar surface area (TPSA) is 58.6 Å². The van der Waals surface area contributed by atoms with Crippen LogP contribution in [0.4, 0.5) is 0 Å². The quantitative estimate of drug-likeness (QED) is 0.834. The number of hydrogen-bond acceptors (Lipinski definition) is 3. The molecule has 0 radical (unpaired) electrons. The van der Waals surface area contributed by atoms with E-state index < -0.39 is 17.6 Å². The Kier molecular flexibility index (Phi) is 4.63. The molecule has 1 heterocycles. The Labute approximate surface area is 152 Å². The fourth-order valence-corrected chi connectivity index (χ4v) is 4.82. The van der Waals surface area contributed by atoms with Gasteiger partial charge in [-0.05, 0) is 62.8 Å². The van der Waals surface area contributed by atoms with Crippen LogP contribution in [0.15, 0.2) is 12.1 Å². The summed E-state index contributed by atoms with van der Waals surface area (Å²) in [4.78, 5) is 12.7. The molecule has 3 rings (SSSR count). The Balaban J connectivity index is 1.92. The summed E-state index contributed by atoms with van der Waals surface area (Å²) in [7, 11) is 1.71. The highest BCUT2D eigenvalue weighted by molar-refractivity contribution is 6.35.